The van der Waals surface area contributed by atoms with Crippen LogP contribution in [-0.4, -0.2) is 4.57 Å². The number of benzene rings is 11. The maximum Gasteiger partial charge on any atom is 0.143 e. The van der Waals surface area contributed by atoms with Crippen LogP contribution in [0.4, 0.5) is 17.1 Å². The van der Waals surface area contributed by atoms with Crippen molar-refractivity contribution in [2.24, 2.45) is 0 Å². The first-order valence-corrected chi connectivity index (χ1v) is 22.9. The van der Waals surface area contributed by atoms with E-state index < -0.39 is 0 Å². The van der Waals surface area contributed by atoms with Gasteiger partial charge in [-0.2, -0.15) is 0 Å². The van der Waals surface area contributed by atoms with Crippen molar-refractivity contribution < 1.29 is 4.42 Å². The van der Waals surface area contributed by atoms with E-state index in [0.29, 0.717) is 0 Å². The standard InChI is InChI=1S/C64H42N2O/c1-2-13-54-47(11-1)12-9-17-55(54)48-27-23-43(24-28-48)45-31-35-50(36-32-45)65(52-39-41-53(42-40-52)66-61-20-6-3-14-57(61)58-15-4-7-21-62(58)66)51-37-33-46(34-38-51)44-25-29-49(30-26-44)56-18-10-19-60-59-16-5-8-22-63(59)67-64(56)60/h1-42H. The molecule has 0 fully saturated rings. The molecule has 11 aromatic carbocycles. The number of furan rings is 1. The van der Waals surface area contributed by atoms with Gasteiger partial charge >= 0.3 is 0 Å². The highest BCUT2D eigenvalue weighted by molar-refractivity contribution is 6.10. The molecular weight excluding hydrogens is 813 g/mol. The molecule has 0 bridgehead atoms. The van der Waals surface area contributed by atoms with Crippen LogP contribution in [0.2, 0.25) is 0 Å². The molecule has 0 radical (unpaired) electrons. The van der Waals surface area contributed by atoms with Crippen molar-refractivity contribution in [3.8, 4) is 50.2 Å². The second-order valence-electron chi connectivity index (χ2n) is 17.3. The molecule has 0 atom stereocenters. The van der Waals surface area contributed by atoms with E-state index in [1.54, 1.807) is 0 Å². The van der Waals surface area contributed by atoms with Crippen molar-refractivity contribution in [3.63, 3.8) is 0 Å². The zero-order valence-electron chi connectivity index (χ0n) is 36.6. The van der Waals surface area contributed by atoms with Crippen LogP contribution < -0.4 is 4.90 Å². The summed E-state index contributed by atoms with van der Waals surface area (Å²) < 4.78 is 8.75. The maximum absolute atomic E-state index is 6.37. The van der Waals surface area contributed by atoms with Gasteiger partial charge in [0.2, 0.25) is 0 Å². The SMILES string of the molecule is c1ccc2c(-c3ccc(-c4ccc(N(c5ccc(-c6ccc(-c7cccc8c7oc7ccccc78)cc6)cc5)c5ccc(-n6c7ccccc7c7ccccc76)cc5)cc4)cc3)cccc2c1. The lowest BCUT2D eigenvalue weighted by Crippen LogP contribution is -2.10. The third-order valence-corrected chi connectivity index (χ3v) is 13.4. The minimum absolute atomic E-state index is 0.911. The van der Waals surface area contributed by atoms with Crippen molar-refractivity contribution in [1.29, 1.82) is 0 Å². The van der Waals surface area contributed by atoms with E-state index in [9.17, 15) is 0 Å². The molecule has 3 heteroatoms. The van der Waals surface area contributed by atoms with Crippen LogP contribution in [0.5, 0.6) is 0 Å². The van der Waals surface area contributed by atoms with Gasteiger partial charge in [-0.1, -0.05) is 188 Å². The molecule has 13 aromatic rings. The summed E-state index contributed by atoms with van der Waals surface area (Å²) in [6.07, 6.45) is 0. The highest BCUT2D eigenvalue weighted by Crippen LogP contribution is 2.40. The molecule has 67 heavy (non-hydrogen) atoms. The van der Waals surface area contributed by atoms with Gasteiger partial charge in [-0.15, -0.1) is 0 Å². The molecule has 0 N–H and O–H groups in total. The summed E-state index contributed by atoms with van der Waals surface area (Å²) in [5, 5.41) is 7.31. The summed E-state index contributed by atoms with van der Waals surface area (Å²) in [6.45, 7) is 0. The molecule has 0 saturated carbocycles. The molecule has 3 nitrogen and oxygen atoms in total. The first-order chi connectivity index (χ1) is 33.2. The van der Waals surface area contributed by atoms with Crippen LogP contribution in [0.25, 0.3) is 105 Å². The topological polar surface area (TPSA) is 21.3 Å². The Bertz CT molecular complexity index is 3880. The number of rotatable bonds is 8. The fourth-order valence-corrected chi connectivity index (χ4v) is 10.1. The highest BCUT2D eigenvalue weighted by Gasteiger charge is 2.17. The van der Waals surface area contributed by atoms with Gasteiger partial charge in [-0.3, -0.25) is 0 Å². The zero-order valence-corrected chi connectivity index (χ0v) is 36.6. The van der Waals surface area contributed by atoms with Crippen molar-refractivity contribution >= 4 is 71.6 Å². The molecule has 0 saturated heterocycles. The van der Waals surface area contributed by atoms with Gasteiger partial charge < -0.3 is 13.9 Å². The average Bonchev–Trinajstić information content (AvgIpc) is 3.96. The molecule has 2 heterocycles. The Balaban J connectivity index is 0.842. The van der Waals surface area contributed by atoms with Gasteiger partial charge in [0, 0.05) is 49.9 Å². The molecule has 0 aliphatic carbocycles. The zero-order chi connectivity index (χ0) is 44.3. The lowest BCUT2D eigenvalue weighted by atomic mass is 9.96. The third-order valence-electron chi connectivity index (χ3n) is 13.4. The van der Waals surface area contributed by atoms with Gasteiger partial charge in [0.05, 0.1) is 11.0 Å². The fraction of sp³-hybridized carbons (Fsp3) is 0. The average molecular weight is 855 g/mol. The van der Waals surface area contributed by atoms with Crippen LogP contribution in [0.3, 0.4) is 0 Å². The number of fused-ring (bicyclic) bond motifs is 7. The number of hydrogen-bond acceptors (Lipinski definition) is 2. The Morgan fingerprint density at radius 1 is 0.284 bits per heavy atom. The van der Waals surface area contributed by atoms with E-state index in [4.69, 9.17) is 4.42 Å². The minimum atomic E-state index is 0.911. The Morgan fingerprint density at radius 2 is 0.687 bits per heavy atom. The molecule has 0 unspecified atom stereocenters. The Labute approximate surface area is 388 Å². The largest absolute Gasteiger partial charge is 0.455 e. The normalized spacial score (nSPS) is 11.6. The molecule has 13 rings (SSSR count). The molecule has 0 aliphatic rings. The summed E-state index contributed by atoms with van der Waals surface area (Å²) >= 11 is 0. The molecule has 0 amide bonds. The highest BCUT2D eigenvalue weighted by atomic mass is 16.3. The first-order valence-electron chi connectivity index (χ1n) is 22.9. The van der Waals surface area contributed by atoms with Crippen molar-refractivity contribution in [2.75, 3.05) is 4.90 Å². The number of anilines is 3. The lowest BCUT2D eigenvalue weighted by molar-refractivity contribution is 0.670. The van der Waals surface area contributed by atoms with Gasteiger partial charge in [0.15, 0.2) is 0 Å². The van der Waals surface area contributed by atoms with Crippen LogP contribution in [0.15, 0.2) is 259 Å². The molecule has 0 spiro atoms. The monoisotopic (exact) mass is 854 g/mol. The summed E-state index contributed by atoms with van der Waals surface area (Å²) in [5.41, 5.74) is 17.9. The van der Waals surface area contributed by atoms with Crippen molar-refractivity contribution in [3.05, 3.63) is 255 Å². The van der Waals surface area contributed by atoms with Crippen LogP contribution in [-0.2, 0) is 0 Å². The minimum Gasteiger partial charge on any atom is -0.455 e. The predicted molar refractivity (Wildman–Crippen MR) is 282 cm³/mol. The number of para-hydroxylation sites is 4. The van der Waals surface area contributed by atoms with Crippen LogP contribution >= 0.6 is 0 Å². The van der Waals surface area contributed by atoms with Crippen molar-refractivity contribution in [1.82, 2.24) is 4.57 Å². The fourth-order valence-electron chi connectivity index (χ4n) is 10.1. The van der Waals surface area contributed by atoms with Crippen LogP contribution in [0, 0.1) is 0 Å². The van der Waals surface area contributed by atoms with E-state index in [1.165, 1.54) is 54.8 Å². The number of aromatic nitrogens is 1. The Hall–Kier alpha value is -8.92. The Morgan fingerprint density at radius 3 is 1.28 bits per heavy atom. The van der Waals surface area contributed by atoms with E-state index in [-0.39, 0.29) is 0 Å². The van der Waals surface area contributed by atoms with Crippen LogP contribution in [0.1, 0.15) is 0 Å². The van der Waals surface area contributed by atoms with E-state index in [1.807, 2.05) is 12.1 Å². The number of hydrogen-bond donors (Lipinski definition) is 0. The third kappa shape index (κ3) is 6.67. The lowest BCUT2D eigenvalue weighted by Gasteiger charge is -2.26. The molecule has 0 aliphatic heterocycles. The maximum atomic E-state index is 6.37. The van der Waals surface area contributed by atoms with E-state index >= 15 is 0 Å². The molecule has 2 aromatic heterocycles. The second kappa shape index (κ2) is 16.0. The first kappa shape index (κ1) is 38.5. The summed E-state index contributed by atoms with van der Waals surface area (Å²) in [4.78, 5) is 2.35. The number of nitrogens with zero attached hydrogens (tertiary/aromatic N) is 2. The van der Waals surface area contributed by atoms with Gasteiger partial charge in [-0.05, 0) is 116 Å². The summed E-state index contributed by atoms with van der Waals surface area (Å²) in [5.74, 6) is 0. The Kier molecular flexibility index (Phi) is 9.17. The second-order valence-corrected chi connectivity index (χ2v) is 17.3. The van der Waals surface area contributed by atoms with Gasteiger partial charge in [-0.25, -0.2) is 0 Å². The summed E-state index contributed by atoms with van der Waals surface area (Å²) in [7, 11) is 0. The van der Waals surface area contributed by atoms with E-state index in [0.717, 1.165) is 66.9 Å². The summed E-state index contributed by atoms with van der Waals surface area (Å²) in [6, 6.07) is 91.8. The van der Waals surface area contributed by atoms with Gasteiger partial charge in [0.1, 0.15) is 11.2 Å². The van der Waals surface area contributed by atoms with Crippen molar-refractivity contribution in [2.45, 2.75) is 0 Å². The molecule has 314 valence electrons. The molecular formula is C64H42N2O. The quantitative estimate of drug-likeness (QED) is 0.152. The van der Waals surface area contributed by atoms with Gasteiger partial charge in [0.25, 0.3) is 0 Å². The smallest absolute Gasteiger partial charge is 0.143 e. The predicted octanol–water partition coefficient (Wildman–Crippen LogP) is 18.0. The van der Waals surface area contributed by atoms with E-state index in [2.05, 4.69) is 252 Å².